The van der Waals surface area contributed by atoms with E-state index in [1.807, 2.05) is 37.0 Å². The minimum atomic E-state index is -0.112. The molecule has 166 valence electrons. The Morgan fingerprint density at radius 3 is 2.72 bits per heavy atom. The van der Waals surface area contributed by atoms with Gasteiger partial charge in [0.15, 0.2) is 5.82 Å². The van der Waals surface area contributed by atoms with Gasteiger partial charge < -0.3 is 20.4 Å². The molecular formula is C23H27N7O2. The smallest absolute Gasteiger partial charge is 0.248 e. The highest BCUT2D eigenvalue weighted by molar-refractivity contribution is 5.79. The third-order valence-corrected chi connectivity index (χ3v) is 5.42. The van der Waals surface area contributed by atoms with Crippen molar-refractivity contribution in [2.45, 2.75) is 25.4 Å². The van der Waals surface area contributed by atoms with Gasteiger partial charge in [-0.2, -0.15) is 0 Å². The van der Waals surface area contributed by atoms with Gasteiger partial charge in [-0.25, -0.2) is 4.68 Å². The molecule has 0 aliphatic heterocycles. The monoisotopic (exact) mass is 433 g/mol. The number of benzene rings is 2. The number of aryl methyl sites for hydroxylation is 1. The van der Waals surface area contributed by atoms with Gasteiger partial charge in [-0.1, -0.05) is 12.1 Å². The molecule has 0 amide bonds. The third kappa shape index (κ3) is 5.12. The summed E-state index contributed by atoms with van der Waals surface area (Å²) in [5, 5.41) is 19.6. The van der Waals surface area contributed by atoms with E-state index < -0.39 is 0 Å². The fraction of sp³-hybridized carbons (Fsp3) is 0.304. The molecule has 4 rings (SSSR count). The van der Waals surface area contributed by atoms with Gasteiger partial charge >= 0.3 is 0 Å². The zero-order valence-electron chi connectivity index (χ0n) is 18.2. The number of aromatic amines is 1. The van der Waals surface area contributed by atoms with Crippen molar-refractivity contribution in [3.05, 3.63) is 76.3 Å². The van der Waals surface area contributed by atoms with Crippen molar-refractivity contribution in [2.24, 2.45) is 0 Å². The Balaban J connectivity index is 1.32. The number of H-pyrrole nitrogens is 1. The minimum absolute atomic E-state index is 0.100. The average molecular weight is 434 g/mol. The molecule has 0 aliphatic rings. The van der Waals surface area contributed by atoms with Crippen LogP contribution >= 0.6 is 0 Å². The van der Waals surface area contributed by atoms with Crippen LogP contribution in [0.4, 0.5) is 5.69 Å². The van der Waals surface area contributed by atoms with Crippen LogP contribution in [0.15, 0.2) is 59.4 Å². The van der Waals surface area contributed by atoms with Crippen LogP contribution in [0.3, 0.4) is 0 Å². The Hall–Kier alpha value is -3.72. The van der Waals surface area contributed by atoms with Gasteiger partial charge in [-0.3, -0.25) is 4.79 Å². The molecule has 3 N–H and O–H groups in total. The van der Waals surface area contributed by atoms with Crippen LogP contribution in [0.1, 0.15) is 23.9 Å². The number of pyridine rings is 1. The van der Waals surface area contributed by atoms with E-state index in [1.54, 1.807) is 6.07 Å². The molecule has 1 unspecified atom stereocenters. The van der Waals surface area contributed by atoms with Crippen LogP contribution in [0.25, 0.3) is 10.9 Å². The van der Waals surface area contributed by atoms with Crippen molar-refractivity contribution in [3.63, 3.8) is 0 Å². The summed E-state index contributed by atoms with van der Waals surface area (Å²) in [4.78, 5) is 14.2. The molecule has 0 saturated heterocycles. The predicted molar refractivity (Wildman–Crippen MR) is 124 cm³/mol. The van der Waals surface area contributed by atoms with Gasteiger partial charge in [0.25, 0.3) is 0 Å². The molecule has 9 nitrogen and oxygen atoms in total. The fourth-order valence-electron chi connectivity index (χ4n) is 3.60. The first kappa shape index (κ1) is 21.5. The summed E-state index contributed by atoms with van der Waals surface area (Å²) in [5.74, 6) is 1.60. The standard InChI is InChI=1S/C23H27N7O2/c1-24-18-8-5-16(6-9-18)21(25-2)15-30-22(27-28-29-30)4-3-13-32-19-10-11-20-17(14-19)7-12-23(31)26-20/h5-12,14,21,24-25H,3-4,13,15H2,1-2H3,(H,26,31). The number of ether oxygens (including phenoxy) is 1. The van der Waals surface area contributed by atoms with Gasteiger partial charge in [0.05, 0.1) is 19.2 Å². The van der Waals surface area contributed by atoms with Crippen molar-refractivity contribution in [3.8, 4) is 5.75 Å². The molecule has 2 aromatic heterocycles. The van der Waals surface area contributed by atoms with Crippen LogP contribution in [0, 0.1) is 0 Å². The maximum atomic E-state index is 11.4. The van der Waals surface area contributed by atoms with Gasteiger partial charge in [0.2, 0.25) is 5.56 Å². The molecule has 32 heavy (non-hydrogen) atoms. The predicted octanol–water partition coefficient (Wildman–Crippen LogP) is 2.53. The molecule has 0 radical (unpaired) electrons. The Labute approximate surface area is 185 Å². The van der Waals surface area contributed by atoms with Crippen LogP contribution in [0.2, 0.25) is 0 Å². The van der Waals surface area contributed by atoms with E-state index in [9.17, 15) is 4.79 Å². The molecule has 0 spiro atoms. The zero-order chi connectivity index (χ0) is 22.3. The van der Waals surface area contributed by atoms with E-state index >= 15 is 0 Å². The van der Waals surface area contributed by atoms with Crippen molar-refractivity contribution in [1.82, 2.24) is 30.5 Å². The van der Waals surface area contributed by atoms with Crippen LogP contribution in [0.5, 0.6) is 5.75 Å². The minimum Gasteiger partial charge on any atom is -0.494 e. The first-order valence-electron chi connectivity index (χ1n) is 10.6. The Kier molecular flexibility index (Phi) is 6.76. The molecule has 2 heterocycles. The van der Waals surface area contributed by atoms with E-state index in [2.05, 4.69) is 55.4 Å². The lowest BCUT2D eigenvalue weighted by Gasteiger charge is -2.17. The number of nitrogens with zero attached hydrogens (tertiary/aromatic N) is 4. The summed E-state index contributed by atoms with van der Waals surface area (Å²) in [6.07, 6.45) is 1.49. The molecule has 1 atom stereocenters. The summed E-state index contributed by atoms with van der Waals surface area (Å²) in [6, 6.07) is 17.4. The van der Waals surface area contributed by atoms with Gasteiger partial charge in [0.1, 0.15) is 5.75 Å². The zero-order valence-corrected chi connectivity index (χ0v) is 18.2. The van der Waals surface area contributed by atoms with E-state index in [1.165, 1.54) is 11.6 Å². The SMILES string of the molecule is CNc1ccc(C(Cn2nnnc2CCCOc2ccc3[nH]c(=O)ccc3c2)NC)cc1. The van der Waals surface area contributed by atoms with Crippen molar-refractivity contribution in [1.29, 1.82) is 0 Å². The summed E-state index contributed by atoms with van der Waals surface area (Å²) in [5.41, 5.74) is 2.93. The number of tetrazole rings is 1. The second-order valence-electron chi connectivity index (χ2n) is 7.51. The molecule has 4 aromatic rings. The summed E-state index contributed by atoms with van der Waals surface area (Å²) in [6.45, 7) is 1.18. The second-order valence-corrected chi connectivity index (χ2v) is 7.51. The molecule has 0 aliphatic carbocycles. The summed E-state index contributed by atoms with van der Waals surface area (Å²) in [7, 11) is 3.84. The topological polar surface area (TPSA) is 110 Å². The first-order valence-corrected chi connectivity index (χ1v) is 10.6. The number of nitrogens with one attached hydrogen (secondary N) is 3. The van der Waals surface area contributed by atoms with E-state index in [4.69, 9.17) is 4.74 Å². The number of likely N-dealkylation sites (N-methyl/N-ethyl adjacent to an activating group) is 1. The van der Waals surface area contributed by atoms with Crippen LogP contribution in [-0.2, 0) is 13.0 Å². The highest BCUT2D eigenvalue weighted by Gasteiger charge is 2.14. The van der Waals surface area contributed by atoms with E-state index in [0.29, 0.717) is 19.6 Å². The van der Waals surface area contributed by atoms with Crippen molar-refractivity contribution in [2.75, 3.05) is 26.0 Å². The lowest BCUT2D eigenvalue weighted by molar-refractivity contribution is 0.308. The maximum Gasteiger partial charge on any atom is 0.248 e. The van der Waals surface area contributed by atoms with Crippen LogP contribution < -0.4 is 20.9 Å². The number of hydrogen-bond acceptors (Lipinski definition) is 7. The molecule has 0 bridgehead atoms. The van der Waals surface area contributed by atoms with Crippen molar-refractivity contribution >= 4 is 16.6 Å². The molecule has 9 heteroatoms. The number of rotatable bonds is 10. The number of hydrogen-bond donors (Lipinski definition) is 3. The van der Waals surface area contributed by atoms with Gasteiger partial charge in [-0.05, 0) is 65.9 Å². The lowest BCUT2D eigenvalue weighted by Crippen LogP contribution is -2.24. The highest BCUT2D eigenvalue weighted by atomic mass is 16.5. The third-order valence-electron chi connectivity index (χ3n) is 5.42. The second kappa shape index (κ2) is 10.1. The largest absolute Gasteiger partial charge is 0.494 e. The van der Waals surface area contributed by atoms with Crippen molar-refractivity contribution < 1.29 is 4.74 Å². The quantitative estimate of drug-likeness (QED) is 0.330. The average Bonchev–Trinajstić information content (AvgIpc) is 3.27. The summed E-state index contributed by atoms with van der Waals surface area (Å²) < 4.78 is 7.73. The number of anilines is 1. The maximum absolute atomic E-state index is 11.4. The van der Waals surface area contributed by atoms with Gasteiger partial charge in [0, 0.05) is 36.1 Å². The normalized spacial score (nSPS) is 12.1. The fourth-order valence-corrected chi connectivity index (χ4v) is 3.60. The Morgan fingerprint density at radius 1 is 1.09 bits per heavy atom. The Bertz CT molecular complexity index is 1220. The lowest BCUT2D eigenvalue weighted by atomic mass is 10.1. The summed E-state index contributed by atoms with van der Waals surface area (Å²) >= 11 is 0. The van der Waals surface area contributed by atoms with E-state index in [0.717, 1.165) is 34.6 Å². The number of aromatic nitrogens is 5. The molecule has 0 saturated carbocycles. The first-order chi connectivity index (χ1) is 15.7. The highest BCUT2D eigenvalue weighted by Crippen LogP contribution is 2.19. The Morgan fingerprint density at radius 2 is 1.94 bits per heavy atom. The van der Waals surface area contributed by atoms with Crippen LogP contribution in [-0.4, -0.2) is 45.9 Å². The number of fused-ring (bicyclic) bond motifs is 1. The molecular weight excluding hydrogens is 406 g/mol. The van der Waals surface area contributed by atoms with E-state index in [-0.39, 0.29) is 11.6 Å². The van der Waals surface area contributed by atoms with Gasteiger partial charge in [-0.15, -0.1) is 5.10 Å². The molecule has 2 aromatic carbocycles. The molecule has 0 fully saturated rings.